The molecule has 0 atom stereocenters. The first-order valence-electron chi connectivity index (χ1n) is 6.72. The normalized spacial score (nSPS) is 10.4. The molecule has 0 saturated carbocycles. The van der Waals surface area contributed by atoms with Crippen molar-refractivity contribution in [1.82, 2.24) is 16.0 Å². The van der Waals surface area contributed by atoms with Gasteiger partial charge in [-0.1, -0.05) is 18.2 Å². The smallest absolute Gasteiger partial charge is 0.224 e. The van der Waals surface area contributed by atoms with Gasteiger partial charge in [0.15, 0.2) is 5.96 Å². The summed E-state index contributed by atoms with van der Waals surface area (Å²) in [5.74, 6) is 0.252. The molecule has 0 heterocycles. The Morgan fingerprint density at radius 1 is 1.23 bits per heavy atom. The number of halogens is 2. The molecular weight excluding hydrogens is 398 g/mol. The van der Waals surface area contributed by atoms with Gasteiger partial charge in [0, 0.05) is 26.7 Å². The third-order valence-corrected chi connectivity index (χ3v) is 2.66. The number of carbonyl (C=O) groups excluding carboxylic acids is 1. The maximum absolute atomic E-state index is 12.7. The number of aliphatic imine (C=N–C) groups is 1. The molecule has 1 aromatic carbocycles. The first-order chi connectivity index (χ1) is 10.2. The van der Waals surface area contributed by atoms with Crippen molar-refractivity contribution in [3.05, 3.63) is 48.3 Å². The van der Waals surface area contributed by atoms with Crippen molar-refractivity contribution in [2.75, 3.05) is 26.7 Å². The number of benzene rings is 1. The topological polar surface area (TPSA) is 65.5 Å². The van der Waals surface area contributed by atoms with Gasteiger partial charge in [-0.15, -0.1) is 30.6 Å². The summed E-state index contributed by atoms with van der Waals surface area (Å²) < 4.78 is 12.7. The second kappa shape index (κ2) is 12.0. The Morgan fingerprint density at radius 3 is 2.45 bits per heavy atom. The SMILES string of the molecule is C=CCNC(=NC)NCCNC(=O)Cc1ccc(F)cc1.I. The van der Waals surface area contributed by atoms with Crippen LogP contribution in [-0.4, -0.2) is 38.5 Å². The van der Waals surface area contributed by atoms with Gasteiger partial charge in [0.2, 0.25) is 5.91 Å². The van der Waals surface area contributed by atoms with Crippen LogP contribution in [0.4, 0.5) is 4.39 Å². The van der Waals surface area contributed by atoms with Crippen molar-refractivity contribution < 1.29 is 9.18 Å². The average Bonchev–Trinajstić information content (AvgIpc) is 2.49. The Bertz CT molecular complexity index is 491. The van der Waals surface area contributed by atoms with Crippen molar-refractivity contribution >= 4 is 35.8 Å². The number of rotatable bonds is 7. The summed E-state index contributed by atoms with van der Waals surface area (Å²) in [6.45, 7) is 5.27. The van der Waals surface area contributed by atoms with E-state index in [9.17, 15) is 9.18 Å². The lowest BCUT2D eigenvalue weighted by Gasteiger charge is -2.11. The third-order valence-electron chi connectivity index (χ3n) is 2.66. The van der Waals surface area contributed by atoms with Crippen LogP contribution in [0.3, 0.4) is 0 Å². The lowest BCUT2D eigenvalue weighted by molar-refractivity contribution is -0.120. The molecule has 0 fully saturated rings. The van der Waals surface area contributed by atoms with Crippen LogP contribution in [0.25, 0.3) is 0 Å². The van der Waals surface area contributed by atoms with Crippen molar-refractivity contribution in [2.24, 2.45) is 4.99 Å². The van der Waals surface area contributed by atoms with Crippen LogP contribution < -0.4 is 16.0 Å². The van der Waals surface area contributed by atoms with Crippen LogP contribution in [0.1, 0.15) is 5.56 Å². The summed E-state index contributed by atoms with van der Waals surface area (Å²) in [4.78, 5) is 15.7. The molecule has 1 amide bonds. The van der Waals surface area contributed by atoms with Crippen LogP contribution >= 0.6 is 24.0 Å². The van der Waals surface area contributed by atoms with Gasteiger partial charge in [-0.05, 0) is 17.7 Å². The molecule has 0 spiro atoms. The van der Waals surface area contributed by atoms with Crippen LogP contribution in [0.15, 0.2) is 41.9 Å². The molecule has 0 bridgehead atoms. The zero-order chi connectivity index (χ0) is 15.5. The Kier molecular flexibility index (Phi) is 11.1. The summed E-state index contributed by atoms with van der Waals surface area (Å²) in [5, 5.41) is 8.87. The Hall–Kier alpha value is -1.64. The first kappa shape index (κ1) is 20.4. The third kappa shape index (κ3) is 8.60. The molecule has 0 aromatic heterocycles. The van der Waals surface area contributed by atoms with Crippen molar-refractivity contribution in [3.63, 3.8) is 0 Å². The van der Waals surface area contributed by atoms with Crippen LogP contribution in [-0.2, 0) is 11.2 Å². The number of nitrogens with zero attached hydrogens (tertiary/aromatic N) is 1. The molecule has 0 aliphatic heterocycles. The van der Waals surface area contributed by atoms with E-state index in [0.29, 0.717) is 25.6 Å². The van der Waals surface area contributed by atoms with Gasteiger partial charge in [-0.25, -0.2) is 4.39 Å². The quantitative estimate of drug-likeness (QED) is 0.206. The van der Waals surface area contributed by atoms with Gasteiger partial charge in [-0.3, -0.25) is 9.79 Å². The van der Waals surface area contributed by atoms with E-state index in [4.69, 9.17) is 0 Å². The minimum Gasteiger partial charge on any atom is -0.355 e. The second-order valence-corrected chi connectivity index (χ2v) is 4.32. The van der Waals surface area contributed by atoms with Gasteiger partial charge in [-0.2, -0.15) is 0 Å². The molecule has 1 aromatic rings. The molecule has 22 heavy (non-hydrogen) atoms. The lowest BCUT2D eigenvalue weighted by Crippen LogP contribution is -2.41. The Balaban J connectivity index is 0.00000441. The lowest BCUT2D eigenvalue weighted by atomic mass is 10.1. The van der Waals surface area contributed by atoms with Gasteiger partial charge < -0.3 is 16.0 Å². The van der Waals surface area contributed by atoms with Crippen molar-refractivity contribution in [2.45, 2.75) is 6.42 Å². The maximum atomic E-state index is 12.7. The van der Waals surface area contributed by atoms with E-state index in [0.717, 1.165) is 5.56 Å². The maximum Gasteiger partial charge on any atom is 0.224 e. The molecule has 122 valence electrons. The highest BCUT2D eigenvalue weighted by Gasteiger charge is 2.03. The van der Waals surface area contributed by atoms with E-state index >= 15 is 0 Å². The molecule has 1 rings (SSSR count). The summed E-state index contributed by atoms with van der Waals surface area (Å²) >= 11 is 0. The molecule has 3 N–H and O–H groups in total. The fourth-order valence-corrected chi connectivity index (χ4v) is 1.62. The predicted octanol–water partition coefficient (Wildman–Crippen LogP) is 1.45. The number of carbonyl (C=O) groups is 1. The standard InChI is InChI=1S/C15H21FN4O.HI/c1-3-8-19-15(17-2)20-10-9-18-14(21)11-12-4-6-13(16)7-5-12;/h3-7H,1,8-11H2,2H3,(H,18,21)(H2,17,19,20);1H. The van der Waals surface area contributed by atoms with Gasteiger partial charge >= 0.3 is 0 Å². The average molecular weight is 420 g/mol. The van der Waals surface area contributed by atoms with E-state index in [-0.39, 0.29) is 42.1 Å². The van der Waals surface area contributed by atoms with E-state index in [1.54, 1.807) is 25.3 Å². The van der Waals surface area contributed by atoms with Gasteiger partial charge in [0.05, 0.1) is 6.42 Å². The summed E-state index contributed by atoms with van der Waals surface area (Å²) in [6.07, 6.45) is 1.97. The summed E-state index contributed by atoms with van der Waals surface area (Å²) in [5.41, 5.74) is 0.783. The summed E-state index contributed by atoms with van der Waals surface area (Å²) in [7, 11) is 1.67. The van der Waals surface area contributed by atoms with E-state index in [2.05, 4.69) is 27.5 Å². The Morgan fingerprint density at radius 2 is 1.86 bits per heavy atom. The molecule has 0 radical (unpaired) electrons. The van der Waals surface area contributed by atoms with Crippen molar-refractivity contribution in [1.29, 1.82) is 0 Å². The number of hydrogen-bond acceptors (Lipinski definition) is 2. The molecule has 5 nitrogen and oxygen atoms in total. The molecule has 7 heteroatoms. The second-order valence-electron chi connectivity index (χ2n) is 4.32. The van der Waals surface area contributed by atoms with Gasteiger partial charge in [0.1, 0.15) is 5.82 Å². The highest BCUT2D eigenvalue weighted by Crippen LogP contribution is 2.03. The van der Waals surface area contributed by atoms with E-state index < -0.39 is 0 Å². The molecule has 0 aliphatic rings. The molecule has 0 saturated heterocycles. The summed E-state index contributed by atoms with van der Waals surface area (Å²) in [6, 6.07) is 5.90. The minimum absolute atomic E-state index is 0. The van der Waals surface area contributed by atoms with Crippen molar-refractivity contribution in [3.8, 4) is 0 Å². The fourth-order valence-electron chi connectivity index (χ4n) is 1.62. The fraction of sp³-hybridized carbons (Fsp3) is 0.333. The predicted molar refractivity (Wildman–Crippen MR) is 98.1 cm³/mol. The number of guanidine groups is 1. The zero-order valence-corrected chi connectivity index (χ0v) is 14.9. The van der Waals surface area contributed by atoms with Gasteiger partial charge in [0.25, 0.3) is 0 Å². The number of amides is 1. The highest BCUT2D eigenvalue weighted by atomic mass is 127. The monoisotopic (exact) mass is 420 g/mol. The molecule has 0 unspecified atom stereocenters. The number of hydrogen-bond donors (Lipinski definition) is 3. The zero-order valence-electron chi connectivity index (χ0n) is 12.6. The van der Waals surface area contributed by atoms with Crippen LogP contribution in [0.5, 0.6) is 0 Å². The van der Waals surface area contributed by atoms with E-state index in [1.807, 2.05) is 0 Å². The van der Waals surface area contributed by atoms with E-state index in [1.165, 1.54) is 12.1 Å². The minimum atomic E-state index is -0.304. The molecule has 0 aliphatic carbocycles. The van der Waals surface area contributed by atoms with Crippen LogP contribution in [0.2, 0.25) is 0 Å². The number of nitrogens with one attached hydrogen (secondary N) is 3. The Labute approximate surface area is 147 Å². The van der Waals surface area contributed by atoms with Crippen LogP contribution in [0, 0.1) is 5.82 Å². The highest BCUT2D eigenvalue weighted by molar-refractivity contribution is 14.0. The largest absolute Gasteiger partial charge is 0.355 e. The first-order valence-corrected chi connectivity index (χ1v) is 6.72. The molecular formula is C15H22FIN4O.